The van der Waals surface area contributed by atoms with Gasteiger partial charge in [0.25, 0.3) is 5.91 Å². The third-order valence-corrected chi connectivity index (χ3v) is 5.20. The second-order valence-corrected chi connectivity index (χ2v) is 6.89. The van der Waals surface area contributed by atoms with Crippen LogP contribution in [0.5, 0.6) is 5.75 Å². The number of nitrogens with one attached hydrogen (secondary N) is 1. The number of carbonyl (C=O) groups excluding carboxylic acids is 2. The molecule has 0 aliphatic rings. The van der Waals surface area contributed by atoms with Crippen molar-refractivity contribution in [2.75, 3.05) is 14.2 Å². The van der Waals surface area contributed by atoms with Gasteiger partial charge in [-0.15, -0.1) is 11.3 Å². The van der Waals surface area contributed by atoms with E-state index in [9.17, 15) is 9.59 Å². The van der Waals surface area contributed by atoms with E-state index < -0.39 is 5.97 Å². The highest BCUT2D eigenvalue weighted by Crippen LogP contribution is 2.32. The number of esters is 1. The second-order valence-electron chi connectivity index (χ2n) is 5.80. The summed E-state index contributed by atoms with van der Waals surface area (Å²) < 4.78 is 15.8. The van der Waals surface area contributed by atoms with Crippen molar-refractivity contribution < 1.29 is 23.5 Å². The van der Waals surface area contributed by atoms with Crippen LogP contribution in [0.4, 0.5) is 0 Å². The Morgan fingerprint density at radius 3 is 2.58 bits per heavy atom. The third-order valence-electron chi connectivity index (χ3n) is 4.14. The molecule has 0 bridgehead atoms. The topological polar surface area (TPSA) is 77.8 Å². The summed E-state index contributed by atoms with van der Waals surface area (Å²) in [4.78, 5) is 24.8. The summed E-state index contributed by atoms with van der Waals surface area (Å²) in [5.41, 5.74) is 1.69. The van der Waals surface area contributed by atoms with Crippen LogP contribution in [-0.2, 0) is 4.74 Å². The molecule has 0 aliphatic heterocycles. The Balaban J connectivity index is 1.81. The van der Waals surface area contributed by atoms with Crippen molar-refractivity contribution in [2.45, 2.75) is 19.9 Å². The number of rotatable bonds is 5. The molecule has 3 aromatic rings. The number of fused-ring (bicyclic) bond motifs is 1. The van der Waals surface area contributed by atoms with Gasteiger partial charge in [0.1, 0.15) is 22.0 Å². The summed E-state index contributed by atoms with van der Waals surface area (Å²) in [6.07, 6.45) is 0. The molecule has 2 heterocycles. The van der Waals surface area contributed by atoms with Crippen LogP contribution in [0.15, 0.2) is 34.7 Å². The van der Waals surface area contributed by atoms with Crippen LogP contribution in [0, 0.1) is 6.92 Å². The molecule has 1 aromatic carbocycles. The van der Waals surface area contributed by atoms with E-state index in [1.165, 1.54) is 7.11 Å². The smallest absolute Gasteiger partial charge is 0.348 e. The van der Waals surface area contributed by atoms with Gasteiger partial charge >= 0.3 is 5.97 Å². The Labute approximate surface area is 154 Å². The van der Waals surface area contributed by atoms with Crippen LogP contribution in [0.1, 0.15) is 43.6 Å². The first-order valence-corrected chi connectivity index (χ1v) is 8.82. The molecule has 0 spiro atoms. The van der Waals surface area contributed by atoms with Gasteiger partial charge in [-0.05, 0) is 44.2 Å². The maximum Gasteiger partial charge on any atom is 0.348 e. The molecule has 7 heteroatoms. The van der Waals surface area contributed by atoms with Gasteiger partial charge in [-0.3, -0.25) is 4.79 Å². The van der Waals surface area contributed by atoms with E-state index in [0.717, 1.165) is 33.6 Å². The molecule has 2 aromatic heterocycles. The van der Waals surface area contributed by atoms with Gasteiger partial charge in [0.15, 0.2) is 0 Å². The SMILES string of the molecule is COC(=O)c1ccc(C(=O)NC(C)c2oc3ccc(OC)cc3c2C)s1. The lowest BCUT2D eigenvalue weighted by Crippen LogP contribution is -2.26. The molecule has 1 amide bonds. The summed E-state index contributed by atoms with van der Waals surface area (Å²) in [5.74, 6) is 0.712. The molecule has 3 rings (SSSR count). The molecule has 136 valence electrons. The van der Waals surface area contributed by atoms with Gasteiger partial charge in [-0.1, -0.05) is 0 Å². The maximum atomic E-state index is 12.5. The molecular formula is C19H19NO5S. The molecule has 1 atom stereocenters. The average Bonchev–Trinajstić information content (AvgIpc) is 3.26. The van der Waals surface area contributed by atoms with E-state index in [0.29, 0.717) is 15.5 Å². The second kappa shape index (κ2) is 7.21. The van der Waals surface area contributed by atoms with E-state index in [4.69, 9.17) is 9.15 Å². The quantitative estimate of drug-likeness (QED) is 0.682. The first-order valence-electron chi connectivity index (χ1n) is 8.00. The van der Waals surface area contributed by atoms with Crippen molar-refractivity contribution in [3.63, 3.8) is 0 Å². The number of benzene rings is 1. The number of methoxy groups -OCH3 is 2. The summed E-state index contributed by atoms with van der Waals surface area (Å²) in [6.45, 7) is 3.80. The lowest BCUT2D eigenvalue weighted by molar-refractivity contribution is 0.0606. The molecule has 26 heavy (non-hydrogen) atoms. The molecule has 0 fully saturated rings. The van der Waals surface area contributed by atoms with Gasteiger partial charge < -0.3 is 19.2 Å². The largest absolute Gasteiger partial charge is 0.497 e. The zero-order valence-electron chi connectivity index (χ0n) is 14.9. The number of hydrogen-bond acceptors (Lipinski definition) is 6. The van der Waals surface area contributed by atoms with Crippen LogP contribution in [-0.4, -0.2) is 26.1 Å². The molecule has 0 aliphatic carbocycles. The van der Waals surface area contributed by atoms with Crippen molar-refractivity contribution >= 4 is 34.2 Å². The van der Waals surface area contributed by atoms with Crippen molar-refractivity contribution in [1.29, 1.82) is 0 Å². The molecule has 0 radical (unpaired) electrons. The number of furan rings is 1. The van der Waals surface area contributed by atoms with Crippen LogP contribution < -0.4 is 10.1 Å². The maximum absolute atomic E-state index is 12.5. The highest BCUT2D eigenvalue weighted by molar-refractivity contribution is 7.15. The number of amides is 1. The summed E-state index contributed by atoms with van der Waals surface area (Å²) in [6, 6.07) is 8.45. The Morgan fingerprint density at radius 1 is 1.15 bits per heavy atom. The lowest BCUT2D eigenvalue weighted by atomic mass is 10.1. The average molecular weight is 373 g/mol. The van der Waals surface area contributed by atoms with Gasteiger partial charge in [0, 0.05) is 10.9 Å². The number of ether oxygens (including phenoxy) is 2. The Bertz CT molecular complexity index is 972. The molecule has 0 saturated heterocycles. The number of thiophene rings is 1. The van der Waals surface area contributed by atoms with Gasteiger partial charge in [0.2, 0.25) is 0 Å². The van der Waals surface area contributed by atoms with E-state index in [1.54, 1.807) is 19.2 Å². The minimum Gasteiger partial charge on any atom is -0.497 e. The molecule has 1 N–H and O–H groups in total. The van der Waals surface area contributed by atoms with Crippen LogP contribution in [0.25, 0.3) is 11.0 Å². The predicted molar refractivity (Wildman–Crippen MR) is 99.0 cm³/mol. The summed E-state index contributed by atoms with van der Waals surface area (Å²) in [7, 11) is 2.92. The Kier molecular flexibility index (Phi) is 4.99. The Hall–Kier alpha value is -2.80. The number of hydrogen-bond donors (Lipinski definition) is 1. The van der Waals surface area contributed by atoms with E-state index >= 15 is 0 Å². The number of carbonyl (C=O) groups is 2. The van der Waals surface area contributed by atoms with E-state index in [-0.39, 0.29) is 11.9 Å². The zero-order chi connectivity index (χ0) is 18.8. The standard InChI is InChI=1S/C19H19NO5S/c1-10-13-9-12(23-3)5-6-14(13)25-17(10)11(2)20-18(21)15-7-8-16(26-15)19(22)24-4/h5-9,11H,1-4H3,(H,20,21). The zero-order valence-corrected chi connectivity index (χ0v) is 15.7. The fourth-order valence-electron chi connectivity index (χ4n) is 2.76. The Morgan fingerprint density at radius 2 is 1.88 bits per heavy atom. The minimum atomic E-state index is -0.454. The fraction of sp³-hybridized carbons (Fsp3) is 0.263. The van der Waals surface area contributed by atoms with Crippen LogP contribution >= 0.6 is 11.3 Å². The lowest BCUT2D eigenvalue weighted by Gasteiger charge is -2.11. The molecular weight excluding hydrogens is 354 g/mol. The molecule has 0 saturated carbocycles. The predicted octanol–water partition coefficient (Wildman–Crippen LogP) is 4.09. The van der Waals surface area contributed by atoms with Gasteiger partial charge in [0.05, 0.1) is 25.1 Å². The summed E-state index contributed by atoms with van der Waals surface area (Å²) >= 11 is 1.09. The first-order chi connectivity index (χ1) is 12.4. The van der Waals surface area contributed by atoms with Crippen molar-refractivity contribution in [3.8, 4) is 5.75 Å². The van der Waals surface area contributed by atoms with E-state index in [1.807, 2.05) is 32.0 Å². The molecule has 1 unspecified atom stereocenters. The normalized spacial score (nSPS) is 12.0. The van der Waals surface area contributed by atoms with Crippen LogP contribution in [0.2, 0.25) is 0 Å². The third kappa shape index (κ3) is 3.30. The fourth-order valence-corrected chi connectivity index (χ4v) is 3.59. The highest BCUT2D eigenvalue weighted by Gasteiger charge is 2.21. The van der Waals surface area contributed by atoms with Crippen molar-refractivity contribution in [2.24, 2.45) is 0 Å². The monoisotopic (exact) mass is 373 g/mol. The minimum absolute atomic E-state index is 0.268. The summed E-state index contributed by atoms with van der Waals surface area (Å²) in [5, 5.41) is 3.86. The van der Waals surface area contributed by atoms with Gasteiger partial charge in [-0.25, -0.2) is 4.79 Å². The van der Waals surface area contributed by atoms with Crippen molar-refractivity contribution in [3.05, 3.63) is 51.4 Å². The number of aryl methyl sites for hydroxylation is 1. The first kappa shape index (κ1) is 18.0. The van der Waals surface area contributed by atoms with Gasteiger partial charge in [-0.2, -0.15) is 0 Å². The van der Waals surface area contributed by atoms with Crippen LogP contribution in [0.3, 0.4) is 0 Å². The highest BCUT2D eigenvalue weighted by atomic mass is 32.1. The van der Waals surface area contributed by atoms with E-state index in [2.05, 4.69) is 10.1 Å². The molecule has 6 nitrogen and oxygen atoms in total. The van der Waals surface area contributed by atoms with Crippen molar-refractivity contribution in [1.82, 2.24) is 5.32 Å².